The maximum atomic E-state index is 11.7. The highest BCUT2D eigenvalue weighted by Gasteiger charge is 2.12. The van der Waals surface area contributed by atoms with E-state index in [0.29, 0.717) is 12.5 Å². The fourth-order valence-corrected chi connectivity index (χ4v) is 1.50. The summed E-state index contributed by atoms with van der Waals surface area (Å²) in [4.78, 5) is 22.9. The van der Waals surface area contributed by atoms with Gasteiger partial charge in [0.05, 0.1) is 12.2 Å². The molecule has 0 aliphatic heterocycles. The molecular weight excluding hydrogens is 256 g/mol. The van der Waals surface area contributed by atoms with Gasteiger partial charge in [0.15, 0.2) is 0 Å². The van der Waals surface area contributed by atoms with Crippen LogP contribution in [-0.2, 0) is 19.1 Å². The van der Waals surface area contributed by atoms with Crippen LogP contribution >= 0.6 is 0 Å². The maximum Gasteiger partial charge on any atom is 0.337 e. The molecule has 0 aromatic carbocycles. The Labute approximate surface area is 121 Å². The molecule has 0 spiro atoms. The quantitative estimate of drug-likeness (QED) is 0.367. The Kier molecular flexibility index (Phi) is 9.43. The smallest absolute Gasteiger partial charge is 0.337 e. The number of carbonyl (C=O) groups excluding carboxylic acids is 2. The summed E-state index contributed by atoms with van der Waals surface area (Å²) >= 11 is 0. The Bertz CT molecular complexity index is 369. The monoisotopic (exact) mass is 282 g/mol. The first-order valence-corrected chi connectivity index (χ1v) is 7.12. The van der Waals surface area contributed by atoms with E-state index in [1.807, 2.05) is 0 Å². The number of carbonyl (C=O) groups is 2. The molecule has 0 saturated carbocycles. The van der Waals surface area contributed by atoms with Gasteiger partial charge in [-0.25, -0.2) is 9.59 Å². The van der Waals surface area contributed by atoms with Gasteiger partial charge in [-0.2, -0.15) is 0 Å². The molecule has 0 saturated heterocycles. The summed E-state index contributed by atoms with van der Waals surface area (Å²) < 4.78 is 10.0. The summed E-state index contributed by atoms with van der Waals surface area (Å²) in [6.45, 7) is 11.2. The number of hydrogen-bond donors (Lipinski definition) is 0. The molecule has 0 fully saturated rings. The molecule has 0 bridgehead atoms. The molecule has 0 heterocycles. The zero-order valence-corrected chi connectivity index (χ0v) is 13.0. The van der Waals surface area contributed by atoms with Gasteiger partial charge in [-0.05, 0) is 26.2 Å². The largest absolute Gasteiger partial charge is 0.462 e. The van der Waals surface area contributed by atoms with Crippen molar-refractivity contribution in [3.63, 3.8) is 0 Å². The van der Waals surface area contributed by atoms with Crippen LogP contribution in [0, 0.1) is 5.92 Å². The van der Waals surface area contributed by atoms with Crippen LogP contribution in [0.15, 0.2) is 24.0 Å². The number of ether oxygens (including phenoxy) is 2. The normalized spacial score (nSPS) is 12.7. The molecule has 0 aliphatic carbocycles. The van der Waals surface area contributed by atoms with E-state index in [0.717, 1.165) is 31.9 Å². The van der Waals surface area contributed by atoms with Crippen LogP contribution in [-0.4, -0.2) is 18.5 Å². The highest BCUT2D eigenvalue weighted by Crippen LogP contribution is 2.13. The van der Waals surface area contributed by atoms with Crippen molar-refractivity contribution in [2.75, 3.05) is 6.61 Å². The first-order chi connectivity index (χ1) is 9.42. The van der Waals surface area contributed by atoms with E-state index in [1.54, 1.807) is 13.8 Å². The number of rotatable bonds is 9. The van der Waals surface area contributed by atoms with Crippen LogP contribution in [0.4, 0.5) is 0 Å². The van der Waals surface area contributed by atoms with Gasteiger partial charge in [-0.3, -0.25) is 0 Å². The fraction of sp³-hybridized carbons (Fsp3) is 0.625. The van der Waals surface area contributed by atoms with Crippen molar-refractivity contribution in [1.29, 1.82) is 0 Å². The third-order valence-electron chi connectivity index (χ3n) is 3.01. The SMILES string of the molecule is C=C(C)C(=O)O/C=C(\C)C(=O)OCC(CC)CCCC. The van der Waals surface area contributed by atoms with Crippen molar-refractivity contribution in [3.8, 4) is 0 Å². The van der Waals surface area contributed by atoms with Gasteiger partial charge in [-0.1, -0.05) is 39.7 Å². The van der Waals surface area contributed by atoms with Crippen LogP contribution in [0.1, 0.15) is 53.4 Å². The highest BCUT2D eigenvalue weighted by molar-refractivity contribution is 5.90. The number of unbranched alkanes of at least 4 members (excludes halogenated alkanes) is 1. The predicted octanol–water partition coefficient (Wildman–Crippen LogP) is 3.77. The molecule has 4 heteroatoms. The van der Waals surface area contributed by atoms with Gasteiger partial charge < -0.3 is 9.47 Å². The van der Waals surface area contributed by atoms with E-state index < -0.39 is 11.9 Å². The first kappa shape index (κ1) is 18.4. The minimum absolute atomic E-state index is 0.268. The van der Waals surface area contributed by atoms with E-state index in [4.69, 9.17) is 9.47 Å². The Balaban J connectivity index is 4.21. The summed E-state index contributed by atoms with van der Waals surface area (Å²) in [5.74, 6) is -0.606. The molecule has 1 unspecified atom stereocenters. The van der Waals surface area contributed by atoms with E-state index in [2.05, 4.69) is 20.4 Å². The topological polar surface area (TPSA) is 52.6 Å². The summed E-state index contributed by atoms with van der Waals surface area (Å²) in [6.07, 6.45) is 5.45. The average Bonchev–Trinajstić information content (AvgIpc) is 2.43. The van der Waals surface area contributed by atoms with E-state index in [1.165, 1.54) is 0 Å². The lowest BCUT2D eigenvalue weighted by Crippen LogP contribution is -2.15. The molecule has 0 amide bonds. The van der Waals surface area contributed by atoms with Crippen LogP contribution < -0.4 is 0 Å². The van der Waals surface area contributed by atoms with Crippen molar-refractivity contribution in [1.82, 2.24) is 0 Å². The van der Waals surface area contributed by atoms with E-state index in [-0.39, 0.29) is 11.1 Å². The van der Waals surface area contributed by atoms with E-state index in [9.17, 15) is 9.59 Å². The van der Waals surface area contributed by atoms with Gasteiger partial charge in [0, 0.05) is 5.57 Å². The van der Waals surface area contributed by atoms with Crippen molar-refractivity contribution in [2.45, 2.75) is 53.4 Å². The summed E-state index contributed by atoms with van der Waals surface area (Å²) in [5.41, 5.74) is 0.554. The van der Waals surface area contributed by atoms with Crippen molar-refractivity contribution >= 4 is 11.9 Å². The van der Waals surface area contributed by atoms with Crippen LogP contribution in [0.2, 0.25) is 0 Å². The predicted molar refractivity (Wildman–Crippen MR) is 78.9 cm³/mol. The maximum absolute atomic E-state index is 11.7. The molecule has 0 aliphatic rings. The zero-order valence-electron chi connectivity index (χ0n) is 13.0. The van der Waals surface area contributed by atoms with Gasteiger partial charge in [0.25, 0.3) is 0 Å². The van der Waals surface area contributed by atoms with Gasteiger partial charge in [0.2, 0.25) is 0 Å². The molecular formula is C16H26O4. The van der Waals surface area contributed by atoms with E-state index >= 15 is 0 Å². The summed E-state index contributed by atoms with van der Waals surface area (Å²) in [5, 5.41) is 0. The van der Waals surface area contributed by atoms with Gasteiger partial charge >= 0.3 is 11.9 Å². The molecule has 0 rings (SSSR count). The number of hydrogen-bond acceptors (Lipinski definition) is 4. The highest BCUT2D eigenvalue weighted by atomic mass is 16.5. The Hall–Kier alpha value is -1.58. The second-order valence-electron chi connectivity index (χ2n) is 5.00. The molecule has 0 radical (unpaired) electrons. The molecule has 114 valence electrons. The van der Waals surface area contributed by atoms with Gasteiger partial charge in [-0.15, -0.1) is 0 Å². The van der Waals surface area contributed by atoms with Crippen LogP contribution in [0.3, 0.4) is 0 Å². The third kappa shape index (κ3) is 7.77. The molecule has 20 heavy (non-hydrogen) atoms. The molecule has 0 aromatic heterocycles. The number of esters is 2. The lowest BCUT2D eigenvalue weighted by molar-refractivity contribution is -0.140. The Morgan fingerprint density at radius 2 is 1.85 bits per heavy atom. The van der Waals surface area contributed by atoms with Crippen LogP contribution in [0.5, 0.6) is 0 Å². The Morgan fingerprint density at radius 1 is 1.20 bits per heavy atom. The molecule has 0 N–H and O–H groups in total. The fourth-order valence-electron chi connectivity index (χ4n) is 1.50. The van der Waals surface area contributed by atoms with Crippen molar-refractivity contribution < 1.29 is 19.1 Å². The zero-order chi connectivity index (χ0) is 15.5. The molecule has 1 atom stereocenters. The molecule has 4 nitrogen and oxygen atoms in total. The molecule has 0 aromatic rings. The average molecular weight is 282 g/mol. The minimum atomic E-state index is -0.550. The first-order valence-electron chi connectivity index (χ1n) is 7.12. The van der Waals surface area contributed by atoms with Crippen LogP contribution in [0.25, 0.3) is 0 Å². The second kappa shape index (κ2) is 10.2. The third-order valence-corrected chi connectivity index (χ3v) is 3.01. The van der Waals surface area contributed by atoms with Crippen molar-refractivity contribution in [2.24, 2.45) is 5.92 Å². The summed E-state index contributed by atoms with van der Waals surface area (Å²) in [6, 6.07) is 0. The van der Waals surface area contributed by atoms with Gasteiger partial charge in [0.1, 0.15) is 6.26 Å². The van der Waals surface area contributed by atoms with Crippen molar-refractivity contribution in [3.05, 3.63) is 24.0 Å². The minimum Gasteiger partial charge on any atom is -0.462 e. The summed E-state index contributed by atoms with van der Waals surface area (Å²) in [7, 11) is 0. The lowest BCUT2D eigenvalue weighted by Gasteiger charge is -2.14. The lowest BCUT2D eigenvalue weighted by atomic mass is 10.0. The second-order valence-corrected chi connectivity index (χ2v) is 5.00. The standard InChI is InChI=1S/C16H26O4/c1-6-8-9-14(7-2)11-20-16(18)13(5)10-19-15(17)12(3)4/h10,14H,3,6-9,11H2,1-2,4-5H3/b13-10+. The Morgan fingerprint density at radius 3 is 2.35 bits per heavy atom.